The molecular weight excluding hydrogens is 298 g/mol. The maximum atomic E-state index is 14.1. The van der Waals surface area contributed by atoms with Gasteiger partial charge in [0.1, 0.15) is 29.9 Å². The summed E-state index contributed by atoms with van der Waals surface area (Å²) in [5.74, 6) is -2.36. The highest BCUT2D eigenvalue weighted by Crippen LogP contribution is 2.33. The van der Waals surface area contributed by atoms with E-state index in [0.29, 0.717) is 6.07 Å². The second-order valence-corrected chi connectivity index (χ2v) is 5.24. The Kier molecular flexibility index (Phi) is 4.29. The van der Waals surface area contributed by atoms with Crippen molar-refractivity contribution < 1.29 is 13.9 Å². The van der Waals surface area contributed by atoms with Gasteiger partial charge in [-0.3, -0.25) is 0 Å². The van der Waals surface area contributed by atoms with Gasteiger partial charge in [0.2, 0.25) is 0 Å². The van der Waals surface area contributed by atoms with Crippen molar-refractivity contribution in [3.05, 3.63) is 48.1 Å². The molecule has 1 aromatic heterocycles. The molecule has 2 aromatic rings. The number of nitrogens with zero attached hydrogens (tertiary/aromatic N) is 3. The van der Waals surface area contributed by atoms with Crippen molar-refractivity contribution in [3.8, 4) is 0 Å². The van der Waals surface area contributed by atoms with Crippen LogP contribution in [0.3, 0.4) is 0 Å². The van der Waals surface area contributed by atoms with Gasteiger partial charge < -0.3 is 10.8 Å². The molecule has 0 aliphatic heterocycles. The molecule has 0 spiro atoms. The van der Waals surface area contributed by atoms with Gasteiger partial charge in [-0.05, 0) is 6.07 Å². The molecule has 0 radical (unpaired) electrons. The molecular formula is C13H14F2N4OS. The number of hydrogen-bond acceptors (Lipinski definition) is 4. The normalized spacial score (nSPS) is 15.4. The van der Waals surface area contributed by atoms with Crippen LogP contribution in [0, 0.1) is 17.6 Å². The van der Waals surface area contributed by atoms with E-state index in [2.05, 4.69) is 10.1 Å². The van der Waals surface area contributed by atoms with Crippen LogP contribution in [0.25, 0.3) is 0 Å². The third-order valence-corrected chi connectivity index (χ3v) is 3.76. The minimum Gasteiger partial charge on any atom is -0.393 e. The van der Waals surface area contributed by atoms with E-state index in [-0.39, 0.29) is 17.1 Å². The first-order valence-electron chi connectivity index (χ1n) is 6.14. The Bertz CT molecular complexity index is 650. The fraction of sp³-hybridized carbons (Fsp3) is 0.308. The summed E-state index contributed by atoms with van der Waals surface area (Å²) in [5, 5.41) is 14.8. The van der Waals surface area contributed by atoms with Gasteiger partial charge in [0, 0.05) is 17.5 Å². The van der Waals surface area contributed by atoms with Gasteiger partial charge in [-0.15, -0.1) is 0 Å². The zero-order valence-corrected chi connectivity index (χ0v) is 12.0. The SMILES string of the molecule is CC(C(N)=S)[C@](O)(Cn1cncn1)c1ccc(F)cc1F. The summed E-state index contributed by atoms with van der Waals surface area (Å²) in [5.41, 5.74) is 3.73. The maximum Gasteiger partial charge on any atom is 0.137 e. The minimum atomic E-state index is -1.77. The van der Waals surface area contributed by atoms with E-state index in [0.717, 1.165) is 6.07 Å². The molecule has 3 N–H and O–H groups in total. The Hall–Kier alpha value is -1.93. The molecule has 0 fully saturated rings. The molecule has 0 saturated heterocycles. The van der Waals surface area contributed by atoms with Gasteiger partial charge in [0.15, 0.2) is 0 Å². The monoisotopic (exact) mass is 312 g/mol. The molecule has 0 amide bonds. The number of aliphatic hydroxyl groups is 1. The van der Waals surface area contributed by atoms with Gasteiger partial charge in [0.25, 0.3) is 0 Å². The van der Waals surface area contributed by atoms with Crippen LogP contribution in [0.4, 0.5) is 8.78 Å². The van der Waals surface area contributed by atoms with Crippen molar-refractivity contribution in [2.45, 2.75) is 19.1 Å². The lowest BCUT2D eigenvalue weighted by molar-refractivity contribution is -0.0153. The number of hydrogen-bond donors (Lipinski definition) is 2. The van der Waals surface area contributed by atoms with Crippen molar-refractivity contribution in [1.82, 2.24) is 14.8 Å². The Morgan fingerprint density at radius 2 is 2.24 bits per heavy atom. The standard InChI is InChI=1S/C13H14F2N4OS/c1-8(12(16)21)13(20,5-19-7-17-6-18-19)10-3-2-9(14)4-11(10)15/h2-4,6-8,20H,5H2,1H3,(H2,16,21)/t8?,13-/m1/s1. The zero-order valence-electron chi connectivity index (χ0n) is 11.2. The summed E-state index contributed by atoms with van der Waals surface area (Å²) >= 11 is 4.91. The molecule has 0 aliphatic carbocycles. The van der Waals surface area contributed by atoms with Crippen LogP contribution >= 0.6 is 12.2 Å². The molecule has 2 rings (SSSR count). The largest absolute Gasteiger partial charge is 0.393 e. The molecule has 1 unspecified atom stereocenters. The Balaban J connectivity index is 2.51. The first-order valence-corrected chi connectivity index (χ1v) is 6.55. The lowest BCUT2D eigenvalue weighted by atomic mass is 9.81. The van der Waals surface area contributed by atoms with Crippen LogP contribution in [-0.4, -0.2) is 24.9 Å². The molecule has 2 atom stereocenters. The van der Waals surface area contributed by atoms with Gasteiger partial charge in [-0.1, -0.05) is 25.2 Å². The van der Waals surface area contributed by atoms with Crippen LogP contribution in [0.5, 0.6) is 0 Å². The third-order valence-electron chi connectivity index (χ3n) is 3.41. The summed E-state index contributed by atoms with van der Waals surface area (Å²) in [6.07, 6.45) is 2.66. The van der Waals surface area contributed by atoms with Crippen molar-refractivity contribution in [2.24, 2.45) is 11.7 Å². The molecule has 5 nitrogen and oxygen atoms in total. The first-order chi connectivity index (χ1) is 9.84. The topological polar surface area (TPSA) is 77.0 Å². The van der Waals surface area contributed by atoms with Gasteiger partial charge >= 0.3 is 0 Å². The van der Waals surface area contributed by atoms with Gasteiger partial charge in [0.05, 0.1) is 11.5 Å². The van der Waals surface area contributed by atoms with E-state index >= 15 is 0 Å². The number of rotatable bonds is 5. The van der Waals surface area contributed by atoms with E-state index < -0.39 is 23.2 Å². The first kappa shape index (κ1) is 15.5. The summed E-state index contributed by atoms with van der Waals surface area (Å²) in [7, 11) is 0. The highest BCUT2D eigenvalue weighted by molar-refractivity contribution is 7.80. The van der Waals surface area contributed by atoms with E-state index in [9.17, 15) is 13.9 Å². The maximum absolute atomic E-state index is 14.1. The molecule has 1 heterocycles. The Morgan fingerprint density at radius 3 is 2.76 bits per heavy atom. The number of thiocarbonyl (C=S) groups is 1. The highest BCUT2D eigenvalue weighted by atomic mass is 32.1. The third kappa shape index (κ3) is 3.06. The Labute approximate surface area is 125 Å². The summed E-state index contributed by atoms with van der Waals surface area (Å²) in [6.45, 7) is 1.45. The molecule has 0 aliphatic rings. The van der Waals surface area contributed by atoms with Crippen LogP contribution < -0.4 is 5.73 Å². The molecule has 0 saturated carbocycles. The van der Waals surface area contributed by atoms with Crippen molar-refractivity contribution in [2.75, 3.05) is 0 Å². The van der Waals surface area contributed by atoms with Gasteiger partial charge in [-0.25, -0.2) is 18.4 Å². The lowest BCUT2D eigenvalue weighted by Crippen LogP contribution is -2.44. The van der Waals surface area contributed by atoms with E-state index in [1.165, 1.54) is 23.4 Å². The van der Waals surface area contributed by atoms with Crippen LogP contribution in [-0.2, 0) is 12.1 Å². The Morgan fingerprint density at radius 1 is 1.52 bits per heavy atom. The fourth-order valence-electron chi connectivity index (χ4n) is 2.09. The average molecular weight is 312 g/mol. The second-order valence-electron chi connectivity index (χ2n) is 4.77. The average Bonchev–Trinajstić information content (AvgIpc) is 2.89. The smallest absolute Gasteiger partial charge is 0.137 e. The van der Waals surface area contributed by atoms with E-state index in [1.54, 1.807) is 6.92 Å². The van der Waals surface area contributed by atoms with Crippen molar-refractivity contribution in [1.29, 1.82) is 0 Å². The summed E-state index contributed by atoms with van der Waals surface area (Å²) < 4.78 is 28.5. The van der Waals surface area contributed by atoms with Crippen LogP contribution in [0.2, 0.25) is 0 Å². The predicted molar refractivity (Wildman–Crippen MR) is 76.2 cm³/mol. The number of nitrogens with two attached hydrogens (primary N) is 1. The zero-order chi connectivity index (χ0) is 15.6. The summed E-state index contributed by atoms with van der Waals surface area (Å²) in [6, 6.07) is 2.95. The van der Waals surface area contributed by atoms with Gasteiger partial charge in [-0.2, -0.15) is 5.10 Å². The van der Waals surface area contributed by atoms with Crippen LogP contribution in [0.15, 0.2) is 30.9 Å². The van der Waals surface area contributed by atoms with E-state index in [1.807, 2.05) is 0 Å². The van der Waals surface area contributed by atoms with Crippen LogP contribution in [0.1, 0.15) is 12.5 Å². The minimum absolute atomic E-state index is 0.0151. The number of aromatic nitrogens is 3. The van der Waals surface area contributed by atoms with Crippen molar-refractivity contribution in [3.63, 3.8) is 0 Å². The lowest BCUT2D eigenvalue weighted by Gasteiger charge is -2.34. The predicted octanol–water partition coefficient (Wildman–Crippen LogP) is 1.37. The second kappa shape index (κ2) is 5.82. The quantitative estimate of drug-likeness (QED) is 0.815. The van der Waals surface area contributed by atoms with E-state index in [4.69, 9.17) is 18.0 Å². The van der Waals surface area contributed by atoms with Crippen molar-refractivity contribution >= 4 is 17.2 Å². The molecule has 1 aromatic carbocycles. The molecule has 112 valence electrons. The fourth-order valence-corrected chi connectivity index (χ4v) is 2.29. The number of benzene rings is 1. The molecule has 8 heteroatoms. The molecule has 0 bridgehead atoms. The highest BCUT2D eigenvalue weighted by Gasteiger charge is 2.40. The molecule has 21 heavy (non-hydrogen) atoms. The number of halogens is 2. The summed E-state index contributed by atoms with van der Waals surface area (Å²) in [4.78, 5) is 3.78.